The summed E-state index contributed by atoms with van der Waals surface area (Å²) in [6, 6.07) is 0. The summed E-state index contributed by atoms with van der Waals surface area (Å²) >= 11 is 0. The summed E-state index contributed by atoms with van der Waals surface area (Å²) in [4.78, 5) is 5.89. The van der Waals surface area contributed by atoms with Crippen molar-refractivity contribution in [3.63, 3.8) is 0 Å². The van der Waals surface area contributed by atoms with E-state index < -0.39 is 0 Å². The maximum absolute atomic E-state index is 5.89. The number of nitrogens with one attached hydrogen (secondary N) is 1. The van der Waals surface area contributed by atoms with Gasteiger partial charge >= 0.3 is 0 Å². The SMILES string of the molecule is CNOC1CCC2C3CC=C4C=C(OC)CC[C@]4(C)C3=CC[C@]12C. The topological polar surface area (TPSA) is 30.5 Å². The van der Waals surface area contributed by atoms with E-state index in [1.807, 2.05) is 7.05 Å². The summed E-state index contributed by atoms with van der Waals surface area (Å²) in [5.41, 5.74) is 6.64. The van der Waals surface area contributed by atoms with Gasteiger partial charge in [0.15, 0.2) is 0 Å². The minimum Gasteiger partial charge on any atom is -0.501 e. The molecule has 0 spiro atoms. The number of hydroxylamine groups is 1. The molecule has 1 saturated carbocycles. The van der Waals surface area contributed by atoms with Crippen LogP contribution in [-0.2, 0) is 9.57 Å². The maximum Gasteiger partial charge on any atom is 0.0958 e. The second kappa shape index (κ2) is 5.74. The third-order valence-corrected chi connectivity index (χ3v) is 7.55. The van der Waals surface area contributed by atoms with E-state index in [4.69, 9.17) is 9.57 Å². The normalized spacial score (nSPS) is 43.8. The number of fused-ring (bicyclic) bond motifs is 5. The lowest BCUT2D eigenvalue weighted by molar-refractivity contribution is -0.0819. The Hall–Kier alpha value is -1.06. The van der Waals surface area contributed by atoms with Crippen LogP contribution in [0.25, 0.3) is 0 Å². The summed E-state index contributed by atoms with van der Waals surface area (Å²) in [5.74, 6) is 2.58. The molecule has 0 aromatic carbocycles. The molecule has 0 heterocycles. The Bertz CT molecular complexity index is 619. The first-order valence-corrected chi connectivity index (χ1v) is 9.51. The van der Waals surface area contributed by atoms with Crippen LogP contribution in [0.2, 0.25) is 0 Å². The monoisotopic (exact) mass is 329 g/mol. The van der Waals surface area contributed by atoms with Crippen molar-refractivity contribution in [1.29, 1.82) is 0 Å². The van der Waals surface area contributed by atoms with Crippen LogP contribution in [0, 0.1) is 22.7 Å². The molecule has 0 aromatic heterocycles. The van der Waals surface area contributed by atoms with Crippen LogP contribution in [0.1, 0.15) is 52.4 Å². The van der Waals surface area contributed by atoms with E-state index in [0.29, 0.717) is 12.0 Å². The van der Waals surface area contributed by atoms with Gasteiger partial charge < -0.3 is 4.74 Å². The van der Waals surface area contributed by atoms with E-state index in [0.717, 1.165) is 24.5 Å². The van der Waals surface area contributed by atoms with Crippen LogP contribution in [0.5, 0.6) is 0 Å². The molecular formula is C21H31NO2. The number of ether oxygens (including phenoxy) is 1. The number of hydrogen-bond acceptors (Lipinski definition) is 3. The van der Waals surface area contributed by atoms with Crippen LogP contribution in [0.15, 0.2) is 35.1 Å². The van der Waals surface area contributed by atoms with Crippen molar-refractivity contribution < 1.29 is 9.57 Å². The van der Waals surface area contributed by atoms with Gasteiger partial charge in [-0.15, -0.1) is 0 Å². The second-order valence-corrected chi connectivity index (χ2v) is 8.51. The van der Waals surface area contributed by atoms with E-state index in [-0.39, 0.29) is 10.8 Å². The quantitative estimate of drug-likeness (QED) is 0.609. The first-order valence-electron chi connectivity index (χ1n) is 9.51. The zero-order chi connectivity index (χ0) is 16.9. The standard InChI is InChI=1S/C21H31NO2/c1-20-11-9-15(23-4)13-14(20)5-6-16-17-7-8-19(24-22-3)21(17,2)12-10-18(16)20/h5,10,13,16-17,19,22H,6-9,11-12H2,1-4H3/t16?,17?,19?,20-,21-/m0/s1. The fourth-order valence-electron chi connectivity index (χ4n) is 6.06. The first kappa shape index (κ1) is 16.4. The van der Waals surface area contributed by atoms with Crippen LogP contribution in [0.3, 0.4) is 0 Å². The minimum atomic E-state index is 0.216. The lowest BCUT2D eigenvalue weighted by atomic mass is 9.53. The number of rotatable bonds is 3. The van der Waals surface area contributed by atoms with E-state index in [1.54, 1.807) is 12.7 Å². The minimum absolute atomic E-state index is 0.216. The highest BCUT2D eigenvalue weighted by atomic mass is 16.7. The van der Waals surface area contributed by atoms with Crippen LogP contribution in [-0.4, -0.2) is 20.3 Å². The predicted octanol–water partition coefficient (Wildman–Crippen LogP) is 4.53. The van der Waals surface area contributed by atoms with Crippen LogP contribution in [0.4, 0.5) is 0 Å². The highest BCUT2D eigenvalue weighted by Gasteiger charge is 2.55. The van der Waals surface area contributed by atoms with Crippen LogP contribution >= 0.6 is 0 Å². The summed E-state index contributed by atoms with van der Waals surface area (Å²) < 4.78 is 5.52. The molecular weight excluding hydrogens is 298 g/mol. The summed E-state index contributed by atoms with van der Waals surface area (Å²) in [7, 11) is 3.69. The molecule has 3 nitrogen and oxygen atoms in total. The van der Waals surface area contributed by atoms with Crippen molar-refractivity contribution >= 4 is 0 Å². The summed E-state index contributed by atoms with van der Waals surface area (Å²) in [6.07, 6.45) is 14.8. The molecule has 0 aliphatic heterocycles. The van der Waals surface area contributed by atoms with Crippen molar-refractivity contribution in [3.05, 3.63) is 35.1 Å². The molecule has 3 heteroatoms. The lowest BCUT2D eigenvalue weighted by Gasteiger charge is -2.52. The average Bonchev–Trinajstić information content (AvgIpc) is 2.91. The van der Waals surface area contributed by atoms with E-state index in [9.17, 15) is 0 Å². The third-order valence-electron chi connectivity index (χ3n) is 7.55. The average molecular weight is 329 g/mol. The maximum atomic E-state index is 5.89. The molecule has 1 fully saturated rings. The molecule has 4 rings (SSSR count). The van der Waals surface area contributed by atoms with Gasteiger partial charge in [0, 0.05) is 24.3 Å². The van der Waals surface area contributed by atoms with Gasteiger partial charge in [0.1, 0.15) is 0 Å². The third kappa shape index (κ3) is 2.17. The van der Waals surface area contributed by atoms with Gasteiger partial charge in [0.25, 0.3) is 0 Å². The number of allylic oxidation sites excluding steroid dienone is 6. The second-order valence-electron chi connectivity index (χ2n) is 8.51. The molecule has 0 bridgehead atoms. The van der Waals surface area contributed by atoms with E-state index >= 15 is 0 Å². The first-order chi connectivity index (χ1) is 11.5. The fourth-order valence-corrected chi connectivity index (χ4v) is 6.06. The van der Waals surface area contributed by atoms with Gasteiger partial charge in [0.05, 0.1) is 19.0 Å². The lowest BCUT2D eigenvalue weighted by Crippen LogP contribution is -2.45. The Labute approximate surface area is 146 Å². The fraction of sp³-hybridized carbons (Fsp3) is 0.714. The molecule has 24 heavy (non-hydrogen) atoms. The Morgan fingerprint density at radius 2 is 2.04 bits per heavy atom. The Morgan fingerprint density at radius 3 is 2.79 bits per heavy atom. The largest absolute Gasteiger partial charge is 0.501 e. The van der Waals surface area contributed by atoms with Crippen molar-refractivity contribution in [2.45, 2.75) is 58.5 Å². The van der Waals surface area contributed by atoms with Gasteiger partial charge in [-0.3, -0.25) is 4.84 Å². The van der Waals surface area contributed by atoms with E-state index in [1.165, 1.54) is 31.3 Å². The van der Waals surface area contributed by atoms with Crippen molar-refractivity contribution in [2.24, 2.45) is 22.7 Å². The van der Waals surface area contributed by atoms with Gasteiger partial charge in [-0.1, -0.05) is 31.6 Å². The molecule has 3 unspecified atom stereocenters. The van der Waals surface area contributed by atoms with E-state index in [2.05, 4.69) is 37.6 Å². The molecule has 0 aromatic rings. The van der Waals surface area contributed by atoms with Crippen molar-refractivity contribution in [1.82, 2.24) is 5.48 Å². The summed E-state index contributed by atoms with van der Waals surface area (Å²) in [5, 5.41) is 0. The Balaban J connectivity index is 1.69. The Kier molecular flexibility index (Phi) is 3.92. The molecule has 1 N–H and O–H groups in total. The predicted molar refractivity (Wildman–Crippen MR) is 96.1 cm³/mol. The molecule has 0 radical (unpaired) electrons. The van der Waals surface area contributed by atoms with Gasteiger partial charge in [-0.2, -0.15) is 0 Å². The van der Waals surface area contributed by atoms with Crippen molar-refractivity contribution in [3.8, 4) is 0 Å². The molecule has 4 aliphatic carbocycles. The zero-order valence-electron chi connectivity index (χ0n) is 15.5. The molecule has 132 valence electrons. The van der Waals surface area contributed by atoms with Gasteiger partial charge in [0.2, 0.25) is 0 Å². The highest BCUT2D eigenvalue weighted by Crippen LogP contribution is 2.62. The summed E-state index contributed by atoms with van der Waals surface area (Å²) in [6.45, 7) is 4.91. The molecule has 5 atom stereocenters. The molecule has 0 saturated heterocycles. The van der Waals surface area contributed by atoms with Gasteiger partial charge in [-0.05, 0) is 55.6 Å². The zero-order valence-corrected chi connectivity index (χ0v) is 15.5. The highest BCUT2D eigenvalue weighted by molar-refractivity contribution is 5.45. The van der Waals surface area contributed by atoms with Crippen molar-refractivity contribution in [2.75, 3.05) is 14.2 Å². The van der Waals surface area contributed by atoms with Gasteiger partial charge in [-0.25, -0.2) is 5.48 Å². The smallest absolute Gasteiger partial charge is 0.0958 e. The molecule has 4 aliphatic rings. The number of methoxy groups -OCH3 is 1. The molecule has 0 amide bonds. The number of hydrogen-bond donors (Lipinski definition) is 1. The Morgan fingerprint density at radius 1 is 1.21 bits per heavy atom. The van der Waals surface area contributed by atoms with Crippen LogP contribution < -0.4 is 5.48 Å².